The van der Waals surface area contributed by atoms with Gasteiger partial charge in [-0.1, -0.05) is 37.3 Å². The molecule has 0 saturated heterocycles. The Bertz CT molecular complexity index is 468. The van der Waals surface area contributed by atoms with Crippen molar-refractivity contribution in [3.05, 3.63) is 35.9 Å². The van der Waals surface area contributed by atoms with Crippen LogP contribution in [0.2, 0.25) is 0 Å². The zero-order valence-corrected chi connectivity index (χ0v) is 11.7. The standard InChI is InChI=1S/C16H21NO3/c1-11(9-14(18)19)10-17-16(20)15(13-7-8-13)12-5-3-2-4-6-12/h2-6,11,13,15H,7-10H2,1H3,(H,17,20)(H,18,19). The summed E-state index contributed by atoms with van der Waals surface area (Å²) < 4.78 is 0. The van der Waals surface area contributed by atoms with E-state index in [1.807, 2.05) is 37.3 Å². The molecule has 2 unspecified atom stereocenters. The summed E-state index contributed by atoms with van der Waals surface area (Å²) in [6.07, 6.45) is 2.27. The van der Waals surface area contributed by atoms with Crippen molar-refractivity contribution in [1.82, 2.24) is 5.32 Å². The van der Waals surface area contributed by atoms with Crippen molar-refractivity contribution >= 4 is 11.9 Å². The van der Waals surface area contributed by atoms with Crippen LogP contribution in [0.25, 0.3) is 0 Å². The Labute approximate surface area is 119 Å². The molecule has 1 saturated carbocycles. The van der Waals surface area contributed by atoms with Crippen LogP contribution in [-0.4, -0.2) is 23.5 Å². The molecule has 1 aromatic rings. The summed E-state index contributed by atoms with van der Waals surface area (Å²) in [4.78, 5) is 23.0. The van der Waals surface area contributed by atoms with Crippen LogP contribution in [0.15, 0.2) is 30.3 Å². The van der Waals surface area contributed by atoms with Crippen molar-refractivity contribution < 1.29 is 14.7 Å². The predicted octanol–water partition coefficient (Wildman–Crippen LogP) is 2.41. The van der Waals surface area contributed by atoms with Crippen LogP contribution in [0.3, 0.4) is 0 Å². The van der Waals surface area contributed by atoms with Gasteiger partial charge in [-0.15, -0.1) is 0 Å². The molecule has 1 aromatic carbocycles. The average molecular weight is 275 g/mol. The van der Waals surface area contributed by atoms with Gasteiger partial charge in [0.05, 0.1) is 5.92 Å². The van der Waals surface area contributed by atoms with E-state index in [0.29, 0.717) is 12.5 Å². The minimum Gasteiger partial charge on any atom is -0.481 e. The van der Waals surface area contributed by atoms with E-state index < -0.39 is 5.97 Å². The summed E-state index contributed by atoms with van der Waals surface area (Å²) >= 11 is 0. The minimum absolute atomic E-state index is 0.0240. The Hall–Kier alpha value is -1.84. The third kappa shape index (κ3) is 4.08. The molecule has 108 valence electrons. The van der Waals surface area contributed by atoms with Crippen molar-refractivity contribution in [3.63, 3.8) is 0 Å². The maximum atomic E-state index is 12.4. The summed E-state index contributed by atoms with van der Waals surface area (Å²) in [6, 6.07) is 9.82. The van der Waals surface area contributed by atoms with Crippen molar-refractivity contribution in [3.8, 4) is 0 Å². The Balaban J connectivity index is 1.93. The smallest absolute Gasteiger partial charge is 0.303 e. The summed E-state index contributed by atoms with van der Waals surface area (Å²) in [5, 5.41) is 11.6. The second-order valence-corrected chi connectivity index (χ2v) is 5.67. The fraction of sp³-hybridized carbons (Fsp3) is 0.500. The highest BCUT2D eigenvalue weighted by Gasteiger charge is 2.37. The van der Waals surface area contributed by atoms with Gasteiger partial charge >= 0.3 is 5.97 Å². The van der Waals surface area contributed by atoms with E-state index in [-0.39, 0.29) is 24.2 Å². The van der Waals surface area contributed by atoms with Crippen LogP contribution in [0.5, 0.6) is 0 Å². The fourth-order valence-corrected chi connectivity index (χ4v) is 2.48. The minimum atomic E-state index is -0.825. The molecule has 0 spiro atoms. The molecule has 2 N–H and O–H groups in total. The Morgan fingerprint density at radius 1 is 1.30 bits per heavy atom. The lowest BCUT2D eigenvalue weighted by molar-refractivity contribution is -0.138. The predicted molar refractivity (Wildman–Crippen MR) is 76.3 cm³/mol. The zero-order chi connectivity index (χ0) is 14.5. The zero-order valence-electron chi connectivity index (χ0n) is 11.7. The van der Waals surface area contributed by atoms with Crippen LogP contribution in [0.4, 0.5) is 0 Å². The normalized spacial score (nSPS) is 17.2. The first-order valence-corrected chi connectivity index (χ1v) is 7.12. The Kier molecular flexibility index (Phi) is 4.77. The molecule has 0 heterocycles. The molecule has 4 heteroatoms. The molecule has 1 fully saturated rings. The molecule has 4 nitrogen and oxygen atoms in total. The molecule has 1 amide bonds. The first-order chi connectivity index (χ1) is 9.58. The maximum absolute atomic E-state index is 12.4. The van der Waals surface area contributed by atoms with Crippen molar-refractivity contribution in [2.24, 2.45) is 11.8 Å². The van der Waals surface area contributed by atoms with E-state index >= 15 is 0 Å². The number of hydrogen-bond acceptors (Lipinski definition) is 2. The molecular weight excluding hydrogens is 254 g/mol. The van der Waals surface area contributed by atoms with E-state index in [9.17, 15) is 9.59 Å². The van der Waals surface area contributed by atoms with Gasteiger partial charge in [0.15, 0.2) is 0 Å². The molecule has 1 aliphatic rings. The van der Waals surface area contributed by atoms with Gasteiger partial charge in [-0.3, -0.25) is 9.59 Å². The Morgan fingerprint density at radius 3 is 2.50 bits per heavy atom. The fourth-order valence-electron chi connectivity index (χ4n) is 2.48. The van der Waals surface area contributed by atoms with Gasteiger partial charge in [-0.05, 0) is 30.2 Å². The summed E-state index contributed by atoms with van der Waals surface area (Å²) in [5.41, 5.74) is 1.05. The van der Waals surface area contributed by atoms with Gasteiger partial charge in [-0.2, -0.15) is 0 Å². The molecular formula is C16H21NO3. The number of hydrogen-bond donors (Lipinski definition) is 2. The van der Waals surface area contributed by atoms with Gasteiger partial charge in [0.1, 0.15) is 0 Å². The average Bonchev–Trinajstić information content (AvgIpc) is 3.22. The van der Waals surface area contributed by atoms with E-state index in [4.69, 9.17) is 5.11 Å². The van der Waals surface area contributed by atoms with Crippen molar-refractivity contribution in [2.75, 3.05) is 6.54 Å². The third-order valence-electron chi connectivity index (χ3n) is 3.68. The molecule has 0 aliphatic heterocycles. The quantitative estimate of drug-likeness (QED) is 0.803. The monoisotopic (exact) mass is 275 g/mol. The number of amides is 1. The maximum Gasteiger partial charge on any atom is 0.303 e. The van der Waals surface area contributed by atoms with E-state index in [1.165, 1.54) is 0 Å². The van der Waals surface area contributed by atoms with Crippen LogP contribution >= 0.6 is 0 Å². The SMILES string of the molecule is CC(CNC(=O)C(c1ccccc1)C1CC1)CC(=O)O. The number of nitrogens with one attached hydrogen (secondary N) is 1. The number of carbonyl (C=O) groups excluding carboxylic acids is 1. The van der Waals surface area contributed by atoms with Crippen LogP contribution in [0, 0.1) is 11.8 Å². The molecule has 0 radical (unpaired) electrons. The summed E-state index contributed by atoms with van der Waals surface area (Å²) in [7, 11) is 0. The van der Waals surface area contributed by atoms with Gasteiger partial charge in [0.2, 0.25) is 5.91 Å². The molecule has 1 aliphatic carbocycles. The van der Waals surface area contributed by atoms with Crippen LogP contribution < -0.4 is 5.32 Å². The van der Waals surface area contributed by atoms with Gasteiger partial charge in [0, 0.05) is 13.0 Å². The number of carboxylic acid groups (broad SMARTS) is 1. The first kappa shape index (κ1) is 14.6. The second kappa shape index (κ2) is 6.55. The lowest BCUT2D eigenvalue weighted by atomic mass is 9.93. The van der Waals surface area contributed by atoms with Gasteiger partial charge < -0.3 is 10.4 Å². The van der Waals surface area contributed by atoms with Crippen LogP contribution in [0.1, 0.15) is 37.7 Å². The second-order valence-electron chi connectivity index (χ2n) is 5.67. The molecule has 20 heavy (non-hydrogen) atoms. The third-order valence-corrected chi connectivity index (χ3v) is 3.68. The molecule has 2 atom stereocenters. The number of carboxylic acids is 1. The van der Waals surface area contributed by atoms with Crippen LogP contribution in [-0.2, 0) is 9.59 Å². The van der Waals surface area contributed by atoms with E-state index in [0.717, 1.165) is 18.4 Å². The van der Waals surface area contributed by atoms with Crippen molar-refractivity contribution in [2.45, 2.75) is 32.1 Å². The van der Waals surface area contributed by atoms with E-state index in [1.54, 1.807) is 0 Å². The highest BCUT2D eigenvalue weighted by molar-refractivity contribution is 5.84. The van der Waals surface area contributed by atoms with Gasteiger partial charge in [-0.25, -0.2) is 0 Å². The lowest BCUT2D eigenvalue weighted by Gasteiger charge is -2.18. The lowest BCUT2D eigenvalue weighted by Crippen LogP contribution is -2.34. The number of benzene rings is 1. The van der Waals surface area contributed by atoms with Crippen molar-refractivity contribution in [1.29, 1.82) is 0 Å². The van der Waals surface area contributed by atoms with Gasteiger partial charge in [0.25, 0.3) is 0 Å². The number of aliphatic carboxylic acids is 1. The number of carbonyl (C=O) groups is 2. The highest BCUT2D eigenvalue weighted by atomic mass is 16.4. The topological polar surface area (TPSA) is 66.4 Å². The Morgan fingerprint density at radius 2 is 1.95 bits per heavy atom. The largest absolute Gasteiger partial charge is 0.481 e. The summed E-state index contributed by atoms with van der Waals surface area (Å²) in [5.74, 6) is -0.503. The molecule has 2 rings (SSSR count). The first-order valence-electron chi connectivity index (χ1n) is 7.12. The molecule has 0 bridgehead atoms. The summed E-state index contributed by atoms with van der Waals surface area (Å²) in [6.45, 7) is 2.25. The number of rotatable bonds is 7. The van der Waals surface area contributed by atoms with E-state index in [2.05, 4.69) is 5.32 Å². The molecule has 0 aromatic heterocycles. The highest BCUT2D eigenvalue weighted by Crippen LogP contribution is 2.42.